The van der Waals surface area contributed by atoms with E-state index in [-0.39, 0.29) is 0 Å². The van der Waals surface area contributed by atoms with Gasteiger partial charge in [-0.1, -0.05) is 29.8 Å². The van der Waals surface area contributed by atoms with E-state index in [2.05, 4.69) is 0 Å². The lowest BCUT2D eigenvalue weighted by Crippen LogP contribution is -2.05. The van der Waals surface area contributed by atoms with Gasteiger partial charge >= 0.3 is 6.18 Å². The molecule has 2 N–H and O–H groups in total. The second-order valence-electron chi connectivity index (χ2n) is 4.42. The fraction of sp³-hybridized carbons (Fsp3) is 0.200. The van der Waals surface area contributed by atoms with E-state index in [1.165, 1.54) is 12.1 Å². The van der Waals surface area contributed by atoms with Crippen molar-refractivity contribution >= 4 is 11.6 Å². The Balaban J connectivity index is 2.41. The molecule has 0 radical (unpaired) electrons. The number of benzene rings is 2. The van der Waals surface area contributed by atoms with Gasteiger partial charge < -0.3 is 5.73 Å². The van der Waals surface area contributed by atoms with Crippen LogP contribution in [0.25, 0.3) is 11.1 Å². The van der Waals surface area contributed by atoms with Crippen molar-refractivity contribution in [1.82, 2.24) is 0 Å². The van der Waals surface area contributed by atoms with Gasteiger partial charge in [0.15, 0.2) is 0 Å². The molecule has 0 aliphatic rings. The van der Waals surface area contributed by atoms with Gasteiger partial charge in [0.1, 0.15) is 0 Å². The summed E-state index contributed by atoms with van der Waals surface area (Å²) >= 11 is 5.94. The molecule has 5 heteroatoms. The zero-order chi connectivity index (χ0) is 14.8. The third kappa shape index (κ3) is 3.32. The smallest absolute Gasteiger partial charge is 0.330 e. The Kier molecular flexibility index (Phi) is 4.35. The second-order valence-corrected chi connectivity index (χ2v) is 4.85. The quantitative estimate of drug-likeness (QED) is 0.885. The Hall–Kier alpha value is -1.52. The summed E-state index contributed by atoms with van der Waals surface area (Å²) in [6.45, 7) is 0.452. The van der Waals surface area contributed by atoms with E-state index in [4.69, 9.17) is 17.3 Å². The van der Waals surface area contributed by atoms with Crippen molar-refractivity contribution in [3.8, 4) is 11.1 Å². The van der Waals surface area contributed by atoms with E-state index in [0.717, 1.165) is 28.8 Å². The summed E-state index contributed by atoms with van der Waals surface area (Å²) in [5.41, 5.74) is 7.40. The van der Waals surface area contributed by atoms with E-state index in [9.17, 15) is 13.2 Å². The topological polar surface area (TPSA) is 26.0 Å². The van der Waals surface area contributed by atoms with Crippen LogP contribution >= 0.6 is 11.6 Å². The maximum atomic E-state index is 12.5. The Morgan fingerprint density at radius 1 is 1.00 bits per heavy atom. The highest BCUT2D eigenvalue weighted by atomic mass is 35.5. The summed E-state index contributed by atoms with van der Waals surface area (Å²) in [6.07, 6.45) is -3.70. The molecule has 0 aliphatic heterocycles. The van der Waals surface area contributed by atoms with Gasteiger partial charge in [0, 0.05) is 5.02 Å². The summed E-state index contributed by atoms with van der Waals surface area (Å²) in [5.74, 6) is 0. The number of nitrogens with two attached hydrogens (primary N) is 1. The first-order valence-electron chi connectivity index (χ1n) is 6.08. The van der Waals surface area contributed by atoms with Gasteiger partial charge in [-0.2, -0.15) is 13.2 Å². The molecular weight excluding hydrogens is 287 g/mol. The number of halogens is 4. The van der Waals surface area contributed by atoms with Crippen molar-refractivity contribution in [2.45, 2.75) is 12.6 Å². The standard InChI is InChI=1S/C15H13ClF3N/c16-13-5-6-14(11(9-13)7-8-20)10-1-3-12(4-2-10)15(17,18)19/h1-6,9H,7-8,20H2. The first-order valence-corrected chi connectivity index (χ1v) is 6.46. The largest absolute Gasteiger partial charge is 0.416 e. The molecule has 0 unspecified atom stereocenters. The third-order valence-corrected chi connectivity index (χ3v) is 3.24. The van der Waals surface area contributed by atoms with Crippen molar-refractivity contribution in [2.75, 3.05) is 6.54 Å². The molecule has 0 saturated carbocycles. The van der Waals surface area contributed by atoms with Gasteiger partial charge in [-0.3, -0.25) is 0 Å². The van der Waals surface area contributed by atoms with E-state index in [1.54, 1.807) is 18.2 Å². The predicted molar refractivity (Wildman–Crippen MR) is 74.6 cm³/mol. The maximum Gasteiger partial charge on any atom is 0.416 e. The first-order chi connectivity index (χ1) is 9.41. The van der Waals surface area contributed by atoms with E-state index in [1.807, 2.05) is 0 Å². The molecule has 20 heavy (non-hydrogen) atoms. The lowest BCUT2D eigenvalue weighted by Gasteiger charge is -2.11. The molecule has 2 rings (SSSR count). The van der Waals surface area contributed by atoms with E-state index >= 15 is 0 Å². The third-order valence-electron chi connectivity index (χ3n) is 3.00. The van der Waals surface area contributed by atoms with Crippen LogP contribution in [0.3, 0.4) is 0 Å². The summed E-state index contributed by atoms with van der Waals surface area (Å²) in [4.78, 5) is 0. The Morgan fingerprint density at radius 2 is 1.65 bits per heavy atom. The van der Waals surface area contributed by atoms with Gasteiger partial charge in [-0.05, 0) is 53.9 Å². The molecule has 2 aromatic rings. The molecule has 0 heterocycles. The minimum Gasteiger partial charge on any atom is -0.330 e. The SMILES string of the molecule is NCCc1cc(Cl)ccc1-c1ccc(C(F)(F)F)cc1. The minimum absolute atomic E-state index is 0.452. The molecule has 0 amide bonds. The molecule has 1 nitrogen and oxygen atoms in total. The summed E-state index contributed by atoms with van der Waals surface area (Å²) in [6, 6.07) is 10.4. The van der Waals surface area contributed by atoms with Gasteiger partial charge in [-0.25, -0.2) is 0 Å². The van der Waals surface area contributed by atoms with Crippen LogP contribution < -0.4 is 5.73 Å². The molecule has 0 fully saturated rings. The van der Waals surface area contributed by atoms with Gasteiger partial charge in [0.2, 0.25) is 0 Å². The van der Waals surface area contributed by atoms with E-state index < -0.39 is 11.7 Å². The lowest BCUT2D eigenvalue weighted by molar-refractivity contribution is -0.137. The minimum atomic E-state index is -4.32. The van der Waals surface area contributed by atoms with Crippen LogP contribution in [-0.4, -0.2) is 6.54 Å². The Labute approximate surface area is 120 Å². The summed E-state index contributed by atoms with van der Waals surface area (Å²) in [7, 11) is 0. The maximum absolute atomic E-state index is 12.5. The molecule has 0 saturated heterocycles. The fourth-order valence-corrected chi connectivity index (χ4v) is 2.24. The molecule has 0 aliphatic carbocycles. The number of hydrogen-bond acceptors (Lipinski definition) is 1. The number of hydrogen-bond donors (Lipinski definition) is 1. The zero-order valence-corrected chi connectivity index (χ0v) is 11.3. The van der Waals surface area contributed by atoms with E-state index in [0.29, 0.717) is 18.0 Å². The van der Waals surface area contributed by atoms with Crippen LogP contribution in [0, 0.1) is 0 Å². The Morgan fingerprint density at radius 3 is 2.20 bits per heavy atom. The van der Waals surface area contributed by atoms with Crippen molar-refractivity contribution in [3.63, 3.8) is 0 Å². The summed E-state index contributed by atoms with van der Waals surface area (Å²) in [5, 5.41) is 0.587. The highest BCUT2D eigenvalue weighted by molar-refractivity contribution is 6.30. The fourth-order valence-electron chi connectivity index (χ4n) is 2.05. The molecule has 0 atom stereocenters. The highest BCUT2D eigenvalue weighted by Gasteiger charge is 2.30. The zero-order valence-electron chi connectivity index (χ0n) is 10.5. The van der Waals surface area contributed by atoms with Crippen LogP contribution in [-0.2, 0) is 12.6 Å². The predicted octanol–water partition coefficient (Wildman–Crippen LogP) is 4.53. The molecule has 2 aromatic carbocycles. The summed E-state index contributed by atoms with van der Waals surface area (Å²) < 4.78 is 37.6. The van der Waals surface area contributed by atoms with Crippen LogP contribution in [0.2, 0.25) is 5.02 Å². The molecule has 0 aromatic heterocycles. The normalized spacial score (nSPS) is 11.7. The molecule has 106 valence electrons. The average Bonchev–Trinajstić information content (AvgIpc) is 2.38. The highest BCUT2D eigenvalue weighted by Crippen LogP contribution is 2.32. The molecule has 0 spiro atoms. The van der Waals surface area contributed by atoms with Crippen LogP contribution in [0.1, 0.15) is 11.1 Å². The average molecular weight is 300 g/mol. The van der Waals surface area contributed by atoms with Crippen molar-refractivity contribution in [2.24, 2.45) is 5.73 Å². The van der Waals surface area contributed by atoms with Crippen LogP contribution in [0.4, 0.5) is 13.2 Å². The van der Waals surface area contributed by atoms with Gasteiger partial charge in [0.05, 0.1) is 5.56 Å². The van der Waals surface area contributed by atoms with Crippen molar-refractivity contribution in [3.05, 3.63) is 58.6 Å². The monoisotopic (exact) mass is 299 g/mol. The molecule has 0 bridgehead atoms. The number of rotatable bonds is 3. The van der Waals surface area contributed by atoms with Crippen molar-refractivity contribution < 1.29 is 13.2 Å². The number of alkyl halides is 3. The molecular formula is C15H13ClF3N. The van der Waals surface area contributed by atoms with Gasteiger partial charge in [-0.15, -0.1) is 0 Å². The lowest BCUT2D eigenvalue weighted by atomic mass is 9.97. The van der Waals surface area contributed by atoms with Crippen molar-refractivity contribution in [1.29, 1.82) is 0 Å². The second kappa shape index (κ2) is 5.85. The Bertz CT molecular complexity index is 591. The first kappa shape index (κ1) is 14.9. The van der Waals surface area contributed by atoms with Crippen LogP contribution in [0.15, 0.2) is 42.5 Å². The van der Waals surface area contributed by atoms with Crippen LogP contribution in [0.5, 0.6) is 0 Å². The van der Waals surface area contributed by atoms with Gasteiger partial charge in [0.25, 0.3) is 0 Å².